The predicted molar refractivity (Wildman–Crippen MR) is 71.2 cm³/mol. The molecule has 0 aliphatic carbocycles. The maximum atomic E-state index is 11.3. The summed E-state index contributed by atoms with van der Waals surface area (Å²) in [5.41, 5.74) is 0. The lowest BCUT2D eigenvalue weighted by Crippen LogP contribution is -2.46. The minimum atomic E-state index is -0.746. The summed E-state index contributed by atoms with van der Waals surface area (Å²) in [5.74, 6) is -1.14. The first-order chi connectivity index (χ1) is 9.11. The number of nitrogens with zero attached hydrogens (tertiary/aromatic N) is 1. The van der Waals surface area contributed by atoms with Crippen molar-refractivity contribution in [2.75, 3.05) is 26.3 Å². The molecule has 5 heteroatoms. The van der Waals surface area contributed by atoms with Gasteiger partial charge in [-0.2, -0.15) is 0 Å². The second-order valence-corrected chi connectivity index (χ2v) is 5.69. The molecule has 0 saturated carbocycles. The molecule has 19 heavy (non-hydrogen) atoms. The molecule has 0 aromatic heterocycles. The summed E-state index contributed by atoms with van der Waals surface area (Å²) in [6.45, 7) is 6.82. The largest absolute Gasteiger partial charge is 0.481 e. The molecule has 0 radical (unpaired) electrons. The van der Waals surface area contributed by atoms with Crippen LogP contribution in [-0.2, 0) is 14.3 Å². The molecule has 0 bridgehead atoms. The minimum Gasteiger partial charge on any atom is -0.481 e. The van der Waals surface area contributed by atoms with E-state index in [-0.39, 0.29) is 12.1 Å². The molecular formula is C14H25NO4. The monoisotopic (exact) mass is 271 g/mol. The van der Waals surface area contributed by atoms with Crippen LogP contribution in [0.5, 0.6) is 0 Å². The lowest BCUT2D eigenvalue weighted by Gasteiger charge is -2.32. The zero-order chi connectivity index (χ0) is 13.8. The standard InChI is InChI=1S/C14H25NO4/c1-3-6-15(7-11-5-4-10(2)19-11)13-9-18-8-12(13)14(16)17/h10-13H,3-9H2,1-2H3,(H,16,17). The SMILES string of the molecule is CCCN(CC1CCC(C)O1)C1COCC1C(=O)O. The van der Waals surface area contributed by atoms with Gasteiger partial charge >= 0.3 is 5.97 Å². The maximum absolute atomic E-state index is 11.3. The van der Waals surface area contributed by atoms with Crippen LogP contribution >= 0.6 is 0 Å². The lowest BCUT2D eigenvalue weighted by molar-refractivity contribution is -0.143. The fourth-order valence-corrected chi connectivity index (χ4v) is 3.10. The van der Waals surface area contributed by atoms with Crippen LogP contribution in [0, 0.1) is 5.92 Å². The third kappa shape index (κ3) is 3.68. The topological polar surface area (TPSA) is 59.0 Å². The van der Waals surface area contributed by atoms with E-state index < -0.39 is 11.9 Å². The first-order valence-electron chi connectivity index (χ1n) is 7.31. The molecule has 2 rings (SSSR count). The van der Waals surface area contributed by atoms with Gasteiger partial charge in [0.05, 0.1) is 31.3 Å². The van der Waals surface area contributed by atoms with Crippen LogP contribution in [0.15, 0.2) is 0 Å². The van der Waals surface area contributed by atoms with E-state index in [1.165, 1.54) is 0 Å². The van der Waals surface area contributed by atoms with Crippen molar-refractivity contribution in [1.29, 1.82) is 0 Å². The molecule has 2 saturated heterocycles. The van der Waals surface area contributed by atoms with Gasteiger partial charge in [0.1, 0.15) is 0 Å². The highest BCUT2D eigenvalue weighted by molar-refractivity contribution is 5.71. The van der Waals surface area contributed by atoms with Crippen LogP contribution in [0.25, 0.3) is 0 Å². The van der Waals surface area contributed by atoms with Crippen molar-refractivity contribution >= 4 is 5.97 Å². The average molecular weight is 271 g/mol. The van der Waals surface area contributed by atoms with E-state index in [0.29, 0.717) is 19.3 Å². The van der Waals surface area contributed by atoms with Gasteiger partial charge in [0.2, 0.25) is 0 Å². The summed E-state index contributed by atoms with van der Waals surface area (Å²) in [7, 11) is 0. The zero-order valence-electron chi connectivity index (χ0n) is 11.9. The third-order valence-corrected chi connectivity index (χ3v) is 4.11. The molecule has 1 N–H and O–H groups in total. The van der Waals surface area contributed by atoms with Crippen molar-refractivity contribution in [2.45, 2.75) is 51.4 Å². The summed E-state index contributed by atoms with van der Waals surface area (Å²) in [6.07, 6.45) is 3.78. The number of carbonyl (C=O) groups is 1. The highest BCUT2D eigenvalue weighted by atomic mass is 16.5. The Kier molecular flexibility index (Phi) is 5.19. The van der Waals surface area contributed by atoms with Crippen LogP contribution in [0.2, 0.25) is 0 Å². The Hall–Kier alpha value is -0.650. The maximum Gasteiger partial charge on any atom is 0.310 e. The smallest absolute Gasteiger partial charge is 0.310 e. The van der Waals surface area contributed by atoms with Crippen LogP contribution < -0.4 is 0 Å². The van der Waals surface area contributed by atoms with Gasteiger partial charge in [-0.25, -0.2) is 0 Å². The van der Waals surface area contributed by atoms with Gasteiger partial charge < -0.3 is 14.6 Å². The zero-order valence-corrected chi connectivity index (χ0v) is 11.9. The number of carboxylic acids is 1. The average Bonchev–Trinajstić information content (AvgIpc) is 2.97. The molecule has 110 valence electrons. The highest BCUT2D eigenvalue weighted by Gasteiger charge is 2.39. The van der Waals surface area contributed by atoms with Gasteiger partial charge in [0.25, 0.3) is 0 Å². The Morgan fingerprint density at radius 1 is 1.37 bits per heavy atom. The summed E-state index contributed by atoms with van der Waals surface area (Å²) in [4.78, 5) is 13.5. The first-order valence-corrected chi connectivity index (χ1v) is 7.31. The van der Waals surface area contributed by atoms with Crippen LogP contribution in [0.4, 0.5) is 0 Å². The van der Waals surface area contributed by atoms with Crippen molar-refractivity contribution < 1.29 is 19.4 Å². The lowest BCUT2D eigenvalue weighted by atomic mass is 10.0. The second-order valence-electron chi connectivity index (χ2n) is 5.69. The van der Waals surface area contributed by atoms with Gasteiger partial charge in [0.15, 0.2) is 0 Å². The molecule has 4 atom stereocenters. The third-order valence-electron chi connectivity index (χ3n) is 4.11. The van der Waals surface area contributed by atoms with Gasteiger partial charge in [-0.1, -0.05) is 6.92 Å². The molecule has 0 aromatic carbocycles. The molecule has 2 aliphatic heterocycles. The first kappa shape index (κ1) is 14.8. The van der Waals surface area contributed by atoms with Crippen molar-refractivity contribution in [3.05, 3.63) is 0 Å². The summed E-state index contributed by atoms with van der Waals surface area (Å²) in [5, 5.41) is 9.27. The van der Waals surface area contributed by atoms with Crippen LogP contribution in [0.3, 0.4) is 0 Å². The van der Waals surface area contributed by atoms with E-state index >= 15 is 0 Å². The fraction of sp³-hybridized carbons (Fsp3) is 0.929. The van der Waals surface area contributed by atoms with Crippen molar-refractivity contribution in [1.82, 2.24) is 4.90 Å². The number of carboxylic acid groups (broad SMARTS) is 1. The summed E-state index contributed by atoms with van der Waals surface area (Å²) >= 11 is 0. The molecule has 2 fully saturated rings. The molecule has 2 heterocycles. The molecule has 0 spiro atoms. The summed E-state index contributed by atoms with van der Waals surface area (Å²) < 4.78 is 11.2. The molecule has 0 amide bonds. The van der Waals surface area contributed by atoms with E-state index in [1.54, 1.807) is 0 Å². The van der Waals surface area contributed by atoms with Gasteiger partial charge in [-0.3, -0.25) is 9.69 Å². The van der Waals surface area contributed by atoms with Gasteiger partial charge in [0, 0.05) is 12.6 Å². The molecule has 4 unspecified atom stereocenters. The van der Waals surface area contributed by atoms with Crippen molar-refractivity contribution in [3.8, 4) is 0 Å². The number of aliphatic carboxylic acids is 1. The predicted octanol–water partition coefficient (Wildman–Crippen LogP) is 1.37. The van der Waals surface area contributed by atoms with Gasteiger partial charge in [-0.05, 0) is 32.7 Å². The normalized spacial score (nSPS) is 35.1. The van der Waals surface area contributed by atoms with Gasteiger partial charge in [-0.15, -0.1) is 0 Å². The van der Waals surface area contributed by atoms with E-state index in [2.05, 4.69) is 18.7 Å². The molecule has 0 aromatic rings. The Morgan fingerprint density at radius 2 is 2.16 bits per heavy atom. The van der Waals surface area contributed by atoms with E-state index in [1.807, 2.05) is 0 Å². The number of rotatable bonds is 6. The Bertz CT molecular complexity index is 310. The van der Waals surface area contributed by atoms with E-state index in [9.17, 15) is 9.90 Å². The Labute approximate surface area is 114 Å². The number of hydrogen-bond donors (Lipinski definition) is 1. The Balaban J connectivity index is 1.96. The number of ether oxygens (including phenoxy) is 2. The minimum absolute atomic E-state index is 0.00282. The highest BCUT2D eigenvalue weighted by Crippen LogP contribution is 2.25. The van der Waals surface area contributed by atoms with Crippen LogP contribution in [-0.4, -0.2) is 60.5 Å². The van der Waals surface area contributed by atoms with E-state index in [0.717, 1.165) is 32.4 Å². The van der Waals surface area contributed by atoms with Crippen LogP contribution in [0.1, 0.15) is 33.1 Å². The summed E-state index contributed by atoms with van der Waals surface area (Å²) in [6, 6.07) is -0.00282. The van der Waals surface area contributed by atoms with E-state index in [4.69, 9.17) is 9.47 Å². The van der Waals surface area contributed by atoms with Crippen molar-refractivity contribution in [3.63, 3.8) is 0 Å². The molecule has 5 nitrogen and oxygen atoms in total. The van der Waals surface area contributed by atoms with Crippen molar-refractivity contribution in [2.24, 2.45) is 5.92 Å². The molecular weight excluding hydrogens is 246 g/mol. The Morgan fingerprint density at radius 3 is 2.74 bits per heavy atom. The molecule has 2 aliphatic rings. The fourth-order valence-electron chi connectivity index (χ4n) is 3.10. The quantitative estimate of drug-likeness (QED) is 0.790. The second kappa shape index (κ2) is 6.68. The number of hydrogen-bond acceptors (Lipinski definition) is 4.